The molecule has 3 heterocycles. The van der Waals surface area contributed by atoms with Gasteiger partial charge in [-0.3, -0.25) is 4.98 Å². The summed E-state index contributed by atoms with van der Waals surface area (Å²) in [6.45, 7) is 1.63. The number of fused-ring (bicyclic) bond motifs is 1. The summed E-state index contributed by atoms with van der Waals surface area (Å²) in [6, 6.07) is 4.09. The van der Waals surface area contributed by atoms with E-state index >= 15 is 0 Å². The molecule has 9 heteroatoms. The summed E-state index contributed by atoms with van der Waals surface area (Å²) in [5.74, 6) is 0. The van der Waals surface area contributed by atoms with Crippen molar-refractivity contribution in [2.24, 2.45) is 17.6 Å². The molecule has 0 amide bonds. The van der Waals surface area contributed by atoms with Crippen LogP contribution in [0.1, 0.15) is 18.4 Å². The quantitative estimate of drug-likeness (QED) is 0.824. The van der Waals surface area contributed by atoms with Crippen molar-refractivity contribution in [2.75, 3.05) is 18.0 Å². The molecule has 1 saturated carbocycles. The van der Waals surface area contributed by atoms with Gasteiger partial charge in [0.1, 0.15) is 6.07 Å². The molecule has 1 aliphatic heterocycles. The van der Waals surface area contributed by atoms with Crippen molar-refractivity contribution in [2.45, 2.75) is 18.9 Å². The monoisotopic (exact) mass is 346 g/mol. The summed E-state index contributed by atoms with van der Waals surface area (Å²) < 4.78 is 26.6. The van der Waals surface area contributed by atoms with E-state index < -0.39 is 10.2 Å². The fourth-order valence-corrected chi connectivity index (χ4v) is 4.75. The van der Waals surface area contributed by atoms with Gasteiger partial charge in [-0.25, -0.2) is 5.14 Å². The second-order valence-corrected chi connectivity index (χ2v) is 8.24. The number of hydrogen-bond donors (Lipinski definition) is 2. The lowest BCUT2D eigenvalue weighted by molar-refractivity contribution is 0.0592. The lowest BCUT2D eigenvalue weighted by Gasteiger charge is -2.59. The normalized spacial score (nSPS) is 20.0. The molecule has 0 atom stereocenters. The first-order valence-corrected chi connectivity index (χ1v) is 9.24. The van der Waals surface area contributed by atoms with E-state index in [-0.39, 0.29) is 11.5 Å². The highest BCUT2D eigenvalue weighted by molar-refractivity contribution is 7.87. The molecule has 2 aromatic rings. The molecule has 1 spiro atoms. The first-order chi connectivity index (χ1) is 11.3. The number of hydrogen-bond acceptors (Lipinski definition) is 5. The van der Waals surface area contributed by atoms with Crippen molar-refractivity contribution in [3.63, 3.8) is 0 Å². The van der Waals surface area contributed by atoms with Crippen LogP contribution in [0, 0.1) is 16.7 Å². The molecule has 2 aliphatic rings. The third-order valence-corrected chi connectivity index (χ3v) is 5.70. The largest absolute Gasteiger partial charge is 0.367 e. The van der Waals surface area contributed by atoms with Crippen LogP contribution < -0.4 is 14.8 Å². The molecule has 24 heavy (non-hydrogen) atoms. The van der Waals surface area contributed by atoms with Crippen molar-refractivity contribution in [1.29, 1.82) is 5.26 Å². The Morgan fingerprint density at radius 2 is 2.17 bits per heavy atom. The van der Waals surface area contributed by atoms with Crippen LogP contribution in [0.25, 0.3) is 11.0 Å². The molecule has 1 aliphatic carbocycles. The van der Waals surface area contributed by atoms with Crippen molar-refractivity contribution < 1.29 is 8.42 Å². The smallest absolute Gasteiger partial charge is 0.274 e. The summed E-state index contributed by atoms with van der Waals surface area (Å²) in [6.07, 6.45) is 5.12. The molecule has 0 bridgehead atoms. The van der Waals surface area contributed by atoms with E-state index in [9.17, 15) is 13.7 Å². The number of nitrogens with one attached hydrogen (secondary N) is 1. The highest BCUT2D eigenvalue weighted by Gasteiger charge is 2.53. The van der Waals surface area contributed by atoms with Gasteiger partial charge in [0.25, 0.3) is 10.2 Å². The maximum absolute atomic E-state index is 11.1. The zero-order chi connectivity index (χ0) is 17.1. The van der Waals surface area contributed by atoms with E-state index in [2.05, 4.69) is 20.7 Å². The highest BCUT2D eigenvalue weighted by atomic mass is 32.2. The van der Waals surface area contributed by atoms with Crippen molar-refractivity contribution >= 4 is 26.9 Å². The predicted octanol–water partition coefficient (Wildman–Crippen LogP) is 0.207. The van der Waals surface area contributed by atoms with Gasteiger partial charge in [0.15, 0.2) is 0 Å². The number of nitrogens with zero attached hydrogens (tertiary/aromatic N) is 4. The fourth-order valence-electron chi connectivity index (χ4n) is 4.11. The van der Waals surface area contributed by atoms with Crippen molar-refractivity contribution in [3.05, 3.63) is 24.0 Å². The maximum Gasteiger partial charge on any atom is 0.274 e. The van der Waals surface area contributed by atoms with Crippen LogP contribution in [-0.4, -0.2) is 37.1 Å². The maximum atomic E-state index is 11.1. The topological polar surface area (TPSA) is 117 Å². The predicted molar refractivity (Wildman–Crippen MR) is 89.3 cm³/mol. The third-order valence-electron chi connectivity index (χ3n) is 5.04. The van der Waals surface area contributed by atoms with Crippen LogP contribution in [0.15, 0.2) is 18.5 Å². The average molecular weight is 346 g/mol. The van der Waals surface area contributed by atoms with Crippen LogP contribution in [0.3, 0.4) is 0 Å². The zero-order valence-electron chi connectivity index (χ0n) is 13.2. The second kappa shape index (κ2) is 4.92. The van der Waals surface area contributed by atoms with E-state index in [0.29, 0.717) is 5.56 Å². The van der Waals surface area contributed by atoms with E-state index in [1.807, 2.05) is 23.9 Å². The SMILES string of the molecule is Cn1ccc2ncc(C#N)c(N3CC4(CC(NS(N)(=O)=O)C4)C3)c21. The number of anilines is 1. The molecule has 3 N–H and O–H groups in total. The number of aryl methyl sites for hydroxylation is 1. The molecule has 0 aromatic carbocycles. The van der Waals surface area contributed by atoms with Gasteiger partial charge >= 0.3 is 0 Å². The Hall–Kier alpha value is -2.15. The van der Waals surface area contributed by atoms with Gasteiger partial charge in [-0.05, 0) is 18.9 Å². The molecule has 0 radical (unpaired) electrons. The minimum Gasteiger partial charge on any atom is -0.367 e. The van der Waals surface area contributed by atoms with Gasteiger partial charge in [-0.1, -0.05) is 0 Å². The minimum absolute atomic E-state index is 0.0786. The van der Waals surface area contributed by atoms with Crippen LogP contribution in [0.4, 0.5) is 5.69 Å². The molecular formula is C15H18N6O2S. The lowest BCUT2D eigenvalue weighted by Crippen LogP contribution is -2.67. The fraction of sp³-hybridized carbons (Fsp3) is 0.467. The Bertz CT molecular complexity index is 960. The molecule has 0 unspecified atom stereocenters. The number of nitrogens with two attached hydrogens (primary N) is 1. The summed E-state index contributed by atoms with van der Waals surface area (Å²) in [5, 5.41) is 14.5. The van der Waals surface area contributed by atoms with E-state index in [0.717, 1.165) is 42.7 Å². The molecule has 8 nitrogen and oxygen atoms in total. The highest BCUT2D eigenvalue weighted by Crippen LogP contribution is 2.51. The van der Waals surface area contributed by atoms with E-state index in [4.69, 9.17) is 5.14 Å². The summed E-state index contributed by atoms with van der Waals surface area (Å²) in [5.41, 5.74) is 3.44. The Labute approximate surface area is 140 Å². The van der Waals surface area contributed by atoms with Gasteiger partial charge in [0.2, 0.25) is 0 Å². The summed E-state index contributed by atoms with van der Waals surface area (Å²) >= 11 is 0. The Morgan fingerprint density at radius 3 is 2.79 bits per heavy atom. The standard InChI is InChI=1S/C15H18N6O2S/c1-20-3-2-12-14(20)13(10(6-16)7-18-12)21-8-15(9-21)4-11(5-15)19-24(17,22)23/h2-3,7,11,19H,4-5,8-9H2,1H3,(H2,17,22,23). The second-order valence-electron chi connectivity index (χ2n) is 6.92. The van der Waals surface area contributed by atoms with E-state index in [1.54, 1.807) is 6.20 Å². The first-order valence-electron chi connectivity index (χ1n) is 7.69. The van der Waals surface area contributed by atoms with Gasteiger partial charge in [-0.2, -0.15) is 18.4 Å². The summed E-state index contributed by atoms with van der Waals surface area (Å²) in [4.78, 5) is 6.53. The Balaban J connectivity index is 1.55. The Kier molecular flexibility index (Phi) is 3.16. The number of nitriles is 1. The molecular weight excluding hydrogens is 328 g/mol. The summed E-state index contributed by atoms with van der Waals surface area (Å²) in [7, 11) is -1.70. The molecule has 2 fully saturated rings. The van der Waals surface area contributed by atoms with Gasteiger partial charge in [0, 0.05) is 44.0 Å². The van der Waals surface area contributed by atoms with Gasteiger partial charge in [0.05, 0.1) is 22.3 Å². The van der Waals surface area contributed by atoms with Crippen molar-refractivity contribution in [3.8, 4) is 6.07 Å². The number of rotatable bonds is 3. The third kappa shape index (κ3) is 2.34. The zero-order valence-corrected chi connectivity index (χ0v) is 14.0. The van der Waals surface area contributed by atoms with Gasteiger partial charge in [-0.15, -0.1) is 0 Å². The molecule has 2 aromatic heterocycles. The van der Waals surface area contributed by atoms with Crippen LogP contribution in [0.2, 0.25) is 0 Å². The molecule has 4 rings (SSSR count). The van der Waals surface area contributed by atoms with Crippen LogP contribution >= 0.6 is 0 Å². The van der Waals surface area contributed by atoms with E-state index in [1.165, 1.54) is 0 Å². The Morgan fingerprint density at radius 1 is 1.46 bits per heavy atom. The molecule has 126 valence electrons. The lowest BCUT2D eigenvalue weighted by atomic mass is 9.61. The van der Waals surface area contributed by atoms with Crippen LogP contribution in [0.5, 0.6) is 0 Å². The van der Waals surface area contributed by atoms with Crippen LogP contribution in [-0.2, 0) is 17.3 Å². The number of aromatic nitrogens is 2. The van der Waals surface area contributed by atoms with Crippen molar-refractivity contribution in [1.82, 2.24) is 14.3 Å². The first kappa shape index (κ1) is 15.4. The van der Waals surface area contributed by atoms with Gasteiger partial charge < -0.3 is 9.47 Å². The minimum atomic E-state index is -3.64. The number of pyridine rings is 1. The average Bonchev–Trinajstić information content (AvgIpc) is 2.80. The molecule has 1 saturated heterocycles.